The van der Waals surface area contributed by atoms with Crippen LogP contribution in [0.25, 0.3) is 0 Å². The van der Waals surface area contributed by atoms with Gasteiger partial charge in [0, 0.05) is 13.1 Å². The zero-order chi connectivity index (χ0) is 15.2. The largest absolute Gasteiger partial charge is 0.392 e. The van der Waals surface area contributed by atoms with Crippen molar-refractivity contribution in [3.8, 4) is 0 Å². The maximum Gasteiger partial charge on any atom is 0.237 e. The SMILES string of the molecule is CC(O)CNC(=O)C1CCCCN1Cc1ccc(F)cc1. The molecule has 1 aliphatic heterocycles. The van der Waals surface area contributed by atoms with Crippen LogP contribution in [0.2, 0.25) is 0 Å². The number of aliphatic hydroxyl groups excluding tert-OH is 1. The molecule has 0 bridgehead atoms. The fourth-order valence-corrected chi connectivity index (χ4v) is 2.67. The quantitative estimate of drug-likeness (QED) is 0.868. The summed E-state index contributed by atoms with van der Waals surface area (Å²) in [5.41, 5.74) is 1.01. The minimum absolute atomic E-state index is 0.0299. The van der Waals surface area contributed by atoms with E-state index in [-0.39, 0.29) is 24.3 Å². The van der Waals surface area contributed by atoms with Gasteiger partial charge in [0.1, 0.15) is 5.82 Å². The van der Waals surface area contributed by atoms with Gasteiger partial charge >= 0.3 is 0 Å². The van der Waals surface area contributed by atoms with Crippen molar-refractivity contribution in [1.29, 1.82) is 0 Å². The summed E-state index contributed by atoms with van der Waals surface area (Å²) in [6.07, 6.45) is 2.39. The molecular weight excluding hydrogens is 271 g/mol. The number of likely N-dealkylation sites (tertiary alicyclic amines) is 1. The number of amides is 1. The number of piperidine rings is 1. The Balaban J connectivity index is 1.97. The third kappa shape index (κ3) is 4.79. The molecule has 1 heterocycles. The fourth-order valence-electron chi connectivity index (χ4n) is 2.67. The molecule has 4 nitrogen and oxygen atoms in total. The second-order valence-electron chi connectivity index (χ2n) is 5.70. The average Bonchev–Trinajstić information content (AvgIpc) is 2.48. The molecule has 5 heteroatoms. The Morgan fingerprint density at radius 1 is 1.43 bits per heavy atom. The van der Waals surface area contributed by atoms with Gasteiger partial charge in [-0.2, -0.15) is 0 Å². The van der Waals surface area contributed by atoms with Crippen LogP contribution in [0.15, 0.2) is 24.3 Å². The van der Waals surface area contributed by atoms with Gasteiger partial charge < -0.3 is 10.4 Å². The number of hydrogen-bond acceptors (Lipinski definition) is 3. The second-order valence-corrected chi connectivity index (χ2v) is 5.70. The third-order valence-corrected chi connectivity index (χ3v) is 3.79. The highest BCUT2D eigenvalue weighted by Crippen LogP contribution is 2.20. The van der Waals surface area contributed by atoms with Crippen molar-refractivity contribution < 1.29 is 14.3 Å². The monoisotopic (exact) mass is 294 g/mol. The van der Waals surface area contributed by atoms with Gasteiger partial charge in [-0.1, -0.05) is 18.6 Å². The van der Waals surface area contributed by atoms with Gasteiger partial charge in [0.25, 0.3) is 0 Å². The summed E-state index contributed by atoms with van der Waals surface area (Å²) in [5.74, 6) is -0.277. The van der Waals surface area contributed by atoms with Crippen LogP contribution in [0.3, 0.4) is 0 Å². The zero-order valence-electron chi connectivity index (χ0n) is 12.4. The predicted molar refractivity (Wildman–Crippen MR) is 79.1 cm³/mol. The molecule has 0 saturated carbocycles. The number of nitrogens with one attached hydrogen (secondary N) is 1. The molecule has 1 amide bonds. The number of halogens is 1. The summed E-state index contributed by atoms with van der Waals surface area (Å²) in [5, 5.41) is 12.0. The van der Waals surface area contributed by atoms with Crippen LogP contribution >= 0.6 is 0 Å². The minimum Gasteiger partial charge on any atom is -0.392 e. The van der Waals surface area contributed by atoms with Crippen LogP contribution in [0, 0.1) is 5.82 Å². The van der Waals surface area contributed by atoms with Gasteiger partial charge in [-0.05, 0) is 44.0 Å². The van der Waals surface area contributed by atoms with Gasteiger partial charge in [0.2, 0.25) is 5.91 Å². The van der Waals surface area contributed by atoms with Crippen molar-refractivity contribution in [1.82, 2.24) is 10.2 Å². The van der Waals surface area contributed by atoms with E-state index in [9.17, 15) is 14.3 Å². The molecule has 0 spiro atoms. The lowest BCUT2D eigenvalue weighted by Crippen LogP contribution is -2.50. The van der Waals surface area contributed by atoms with E-state index >= 15 is 0 Å². The number of nitrogens with zero attached hydrogens (tertiary/aromatic N) is 1. The Bertz CT molecular complexity index is 462. The van der Waals surface area contributed by atoms with E-state index in [1.807, 2.05) is 0 Å². The summed E-state index contributed by atoms with van der Waals surface area (Å²) in [6.45, 7) is 3.44. The van der Waals surface area contributed by atoms with Crippen LogP contribution in [0.1, 0.15) is 31.7 Å². The van der Waals surface area contributed by atoms with Crippen LogP contribution < -0.4 is 5.32 Å². The smallest absolute Gasteiger partial charge is 0.237 e. The van der Waals surface area contributed by atoms with Crippen molar-refractivity contribution in [2.24, 2.45) is 0 Å². The standard InChI is InChI=1S/C16H23FN2O2/c1-12(20)10-18-16(21)15-4-2-3-9-19(15)11-13-5-7-14(17)8-6-13/h5-8,12,15,20H,2-4,9-11H2,1H3,(H,18,21). The van der Waals surface area contributed by atoms with Crippen LogP contribution in [0.5, 0.6) is 0 Å². The highest BCUT2D eigenvalue weighted by molar-refractivity contribution is 5.81. The van der Waals surface area contributed by atoms with Crippen LogP contribution in [-0.4, -0.2) is 41.1 Å². The Morgan fingerprint density at radius 2 is 2.14 bits per heavy atom. The number of carbonyl (C=O) groups excluding carboxylic acids is 1. The first kappa shape index (κ1) is 15.9. The van der Waals surface area contributed by atoms with E-state index in [1.165, 1.54) is 12.1 Å². The summed E-state index contributed by atoms with van der Waals surface area (Å²) >= 11 is 0. The fraction of sp³-hybridized carbons (Fsp3) is 0.562. The molecule has 1 fully saturated rings. The molecule has 1 aliphatic rings. The first-order valence-corrected chi connectivity index (χ1v) is 7.50. The van der Waals surface area contributed by atoms with Gasteiger partial charge in [0.15, 0.2) is 0 Å². The lowest BCUT2D eigenvalue weighted by atomic mass is 10.0. The second kappa shape index (κ2) is 7.52. The van der Waals surface area contributed by atoms with E-state index in [1.54, 1.807) is 19.1 Å². The molecule has 2 atom stereocenters. The van der Waals surface area contributed by atoms with Gasteiger partial charge in [-0.15, -0.1) is 0 Å². The highest BCUT2D eigenvalue weighted by Gasteiger charge is 2.28. The molecule has 0 aromatic heterocycles. The average molecular weight is 294 g/mol. The number of hydrogen-bond donors (Lipinski definition) is 2. The third-order valence-electron chi connectivity index (χ3n) is 3.79. The van der Waals surface area contributed by atoms with Crippen LogP contribution in [0.4, 0.5) is 4.39 Å². The summed E-state index contributed by atoms with van der Waals surface area (Å²) < 4.78 is 12.9. The van der Waals surface area contributed by atoms with Gasteiger partial charge in [0.05, 0.1) is 12.1 Å². The van der Waals surface area contributed by atoms with E-state index in [0.29, 0.717) is 6.54 Å². The van der Waals surface area contributed by atoms with Gasteiger partial charge in [-0.25, -0.2) is 4.39 Å². The molecule has 116 valence electrons. The number of rotatable bonds is 5. The van der Waals surface area contributed by atoms with E-state index < -0.39 is 6.10 Å². The minimum atomic E-state index is -0.539. The number of carbonyl (C=O) groups is 1. The van der Waals surface area contributed by atoms with E-state index in [0.717, 1.165) is 31.4 Å². The van der Waals surface area contributed by atoms with E-state index in [4.69, 9.17) is 0 Å². The molecular formula is C16H23FN2O2. The van der Waals surface area contributed by atoms with Crippen molar-refractivity contribution in [2.45, 2.75) is 44.9 Å². The maximum atomic E-state index is 12.9. The number of aliphatic hydroxyl groups is 1. The Morgan fingerprint density at radius 3 is 2.81 bits per heavy atom. The summed E-state index contributed by atoms with van der Waals surface area (Å²) in [6, 6.07) is 6.25. The molecule has 1 aromatic rings. The lowest BCUT2D eigenvalue weighted by Gasteiger charge is -2.34. The molecule has 0 aliphatic carbocycles. The lowest BCUT2D eigenvalue weighted by molar-refractivity contribution is -0.128. The molecule has 2 unspecified atom stereocenters. The van der Waals surface area contributed by atoms with Crippen molar-refractivity contribution in [3.63, 3.8) is 0 Å². The molecule has 2 rings (SSSR count). The van der Waals surface area contributed by atoms with E-state index in [2.05, 4.69) is 10.2 Å². The molecule has 0 radical (unpaired) electrons. The van der Waals surface area contributed by atoms with Crippen molar-refractivity contribution in [2.75, 3.05) is 13.1 Å². The van der Waals surface area contributed by atoms with Crippen molar-refractivity contribution >= 4 is 5.91 Å². The van der Waals surface area contributed by atoms with Crippen molar-refractivity contribution in [3.05, 3.63) is 35.6 Å². The first-order valence-electron chi connectivity index (χ1n) is 7.50. The van der Waals surface area contributed by atoms with Gasteiger partial charge in [-0.3, -0.25) is 9.69 Å². The first-order chi connectivity index (χ1) is 10.1. The molecule has 1 aromatic carbocycles. The Kier molecular flexibility index (Phi) is 5.70. The normalized spacial score (nSPS) is 21.0. The predicted octanol–water partition coefficient (Wildman–Crippen LogP) is 1.68. The van der Waals surface area contributed by atoms with Crippen LogP contribution in [-0.2, 0) is 11.3 Å². The Hall–Kier alpha value is -1.46. The summed E-state index contributed by atoms with van der Waals surface area (Å²) in [4.78, 5) is 14.4. The molecule has 1 saturated heterocycles. The Labute approximate surface area is 125 Å². The maximum absolute atomic E-state index is 12.9. The number of benzene rings is 1. The highest BCUT2D eigenvalue weighted by atomic mass is 19.1. The molecule has 21 heavy (non-hydrogen) atoms. The zero-order valence-corrected chi connectivity index (χ0v) is 12.4. The summed E-state index contributed by atoms with van der Waals surface area (Å²) in [7, 11) is 0. The topological polar surface area (TPSA) is 52.6 Å². The molecule has 2 N–H and O–H groups in total.